The number of benzene rings is 1. The standard InChI is InChI=1S/C17H23FN2/c1-17(2)8-6-15(7-9-17)20(3)12-13-4-5-16(18)14(10-13)11-19/h4-5,10,15H,6-9,12H2,1-3H3. The summed E-state index contributed by atoms with van der Waals surface area (Å²) in [6, 6.07) is 7.34. The van der Waals surface area contributed by atoms with E-state index in [4.69, 9.17) is 5.26 Å². The Morgan fingerprint density at radius 1 is 1.35 bits per heavy atom. The van der Waals surface area contributed by atoms with Crippen molar-refractivity contribution >= 4 is 0 Å². The number of nitrogens with zero attached hydrogens (tertiary/aromatic N) is 2. The van der Waals surface area contributed by atoms with Gasteiger partial charge in [0.15, 0.2) is 0 Å². The van der Waals surface area contributed by atoms with Gasteiger partial charge in [-0.1, -0.05) is 19.9 Å². The minimum absolute atomic E-state index is 0.140. The maximum absolute atomic E-state index is 13.3. The minimum atomic E-state index is -0.432. The molecule has 1 saturated carbocycles. The topological polar surface area (TPSA) is 27.0 Å². The molecule has 0 radical (unpaired) electrons. The van der Waals surface area contributed by atoms with E-state index in [0.717, 1.165) is 12.1 Å². The lowest BCUT2D eigenvalue weighted by Crippen LogP contribution is -2.36. The molecule has 0 amide bonds. The van der Waals surface area contributed by atoms with Crippen LogP contribution in [0.1, 0.15) is 50.7 Å². The maximum atomic E-state index is 13.3. The third-order valence-electron chi connectivity index (χ3n) is 4.52. The molecule has 0 aromatic heterocycles. The van der Waals surface area contributed by atoms with Gasteiger partial charge < -0.3 is 0 Å². The summed E-state index contributed by atoms with van der Waals surface area (Å²) in [5.74, 6) is -0.432. The SMILES string of the molecule is CN(Cc1ccc(F)c(C#N)c1)C1CCC(C)(C)CC1. The van der Waals surface area contributed by atoms with Crippen LogP contribution in [0.5, 0.6) is 0 Å². The molecule has 0 heterocycles. The van der Waals surface area contributed by atoms with E-state index in [-0.39, 0.29) is 5.56 Å². The first-order chi connectivity index (χ1) is 9.41. The molecule has 0 bridgehead atoms. The van der Waals surface area contributed by atoms with Crippen LogP contribution in [0.4, 0.5) is 4.39 Å². The molecule has 108 valence electrons. The molecular weight excluding hydrogens is 251 g/mol. The van der Waals surface area contributed by atoms with Gasteiger partial charge >= 0.3 is 0 Å². The zero-order chi connectivity index (χ0) is 14.8. The van der Waals surface area contributed by atoms with Crippen molar-refractivity contribution in [3.63, 3.8) is 0 Å². The van der Waals surface area contributed by atoms with E-state index in [1.807, 2.05) is 6.07 Å². The van der Waals surface area contributed by atoms with Gasteiger partial charge in [-0.3, -0.25) is 4.90 Å². The number of halogens is 1. The van der Waals surface area contributed by atoms with Gasteiger partial charge in [-0.25, -0.2) is 4.39 Å². The van der Waals surface area contributed by atoms with Gasteiger partial charge in [0.2, 0.25) is 0 Å². The van der Waals surface area contributed by atoms with Crippen LogP contribution in [-0.2, 0) is 6.54 Å². The van der Waals surface area contributed by atoms with Gasteiger partial charge in [-0.05, 0) is 55.8 Å². The molecule has 1 aromatic carbocycles. The number of rotatable bonds is 3. The average Bonchev–Trinajstić information content (AvgIpc) is 2.40. The van der Waals surface area contributed by atoms with E-state index in [9.17, 15) is 4.39 Å². The highest BCUT2D eigenvalue weighted by molar-refractivity contribution is 5.34. The Bertz CT molecular complexity index is 506. The Labute approximate surface area is 121 Å². The predicted molar refractivity (Wildman–Crippen MR) is 78.6 cm³/mol. The van der Waals surface area contributed by atoms with Crippen molar-refractivity contribution < 1.29 is 4.39 Å². The van der Waals surface area contributed by atoms with Crippen molar-refractivity contribution in [2.45, 2.75) is 52.1 Å². The zero-order valence-corrected chi connectivity index (χ0v) is 12.6. The second-order valence-electron chi connectivity index (χ2n) is 6.74. The molecule has 0 saturated heterocycles. The Morgan fingerprint density at radius 2 is 2.00 bits per heavy atom. The van der Waals surface area contributed by atoms with E-state index >= 15 is 0 Å². The van der Waals surface area contributed by atoms with E-state index in [0.29, 0.717) is 11.5 Å². The molecule has 0 aliphatic heterocycles. The van der Waals surface area contributed by atoms with Crippen LogP contribution in [0, 0.1) is 22.6 Å². The summed E-state index contributed by atoms with van der Waals surface area (Å²) in [5, 5.41) is 8.88. The van der Waals surface area contributed by atoms with Gasteiger partial charge in [-0.15, -0.1) is 0 Å². The number of nitriles is 1. The third-order valence-corrected chi connectivity index (χ3v) is 4.52. The minimum Gasteiger partial charge on any atom is -0.299 e. The van der Waals surface area contributed by atoms with Crippen molar-refractivity contribution in [1.82, 2.24) is 4.90 Å². The summed E-state index contributed by atoms with van der Waals surface area (Å²) in [4.78, 5) is 2.34. The van der Waals surface area contributed by atoms with Crippen molar-refractivity contribution in [2.24, 2.45) is 5.41 Å². The van der Waals surface area contributed by atoms with Gasteiger partial charge in [0.25, 0.3) is 0 Å². The van der Waals surface area contributed by atoms with Crippen molar-refractivity contribution in [1.29, 1.82) is 5.26 Å². The molecule has 1 aliphatic rings. The summed E-state index contributed by atoms with van der Waals surface area (Å²) in [6.07, 6.45) is 4.95. The van der Waals surface area contributed by atoms with Gasteiger partial charge in [0.1, 0.15) is 11.9 Å². The van der Waals surface area contributed by atoms with Crippen LogP contribution in [0.25, 0.3) is 0 Å². The molecule has 1 aromatic rings. The predicted octanol–water partition coefficient (Wildman–Crippen LogP) is 4.10. The number of hydrogen-bond acceptors (Lipinski definition) is 2. The zero-order valence-electron chi connectivity index (χ0n) is 12.6. The third kappa shape index (κ3) is 3.58. The summed E-state index contributed by atoms with van der Waals surface area (Å²) in [6.45, 7) is 5.45. The molecule has 0 unspecified atom stereocenters. The highest BCUT2D eigenvalue weighted by Gasteiger charge is 2.28. The lowest BCUT2D eigenvalue weighted by molar-refractivity contribution is 0.123. The van der Waals surface area contributed by atoms with Gasteiger partial charge in [-0.2, -0.15) is 5.26 Å². The van der Waals surface area contributed by atoms with Crippen molar-refractivity contribution in [3.05, 3.63) is 35.1 Å². The van der Waals surface area contributed by atoms with Crippen LogP contribution >= 0.6 is 0 Å². The average molecular weight is 274 g/mol. The smallest absolute Gasteiger partial charge is 0.140 e. The van der Waals surface area contributed by atoms with Gasteiger partial charge in [0.05, 0.1) is 5.56 Å². The Hall–Kier alpha value is -1.40. The first kappa shape index (κ1) is 15.0. The fraction of sp³-hybridized carbons (Fsp3) is 0.588. The van der Waals surface area contributed by atoms with Crippen LogP contribution in [0.3, 0.4) is 0 Å². The first-order valence-electron chi connectivity index (χ1n) is 7.30. The quantitative estimate of drug-likeness (QED) is 0.829. The van der Waals surface area contributed by atoms with Gasteiger partial charge in [0, 0.05) is 12.6 Å². The lowest BCUT2D eigenvalue weighted by Gasteiger charge is -2.38. The Kier molecular flexibility index (Phi) is 4.45. The van der Waals surface area contributed by atoms with Crippen molar-refractivity contribution in [2.75, 3.05) is 7.05 Å². The fourth-order valence-electron chi connectivity index (χ4n) is 3.00. The van der Waals surface area contributed by atoms with Crippen LogP contribution in [0.15, 0.2) is 18.2 Å². The second-order valence-corrected chi connectivity index (χ2v) is 6.74. The highest BCUT2D eigenvalue weighted by Crippen LogP contribution is 2.36. The second kappa shape index (κ2) is 5.93. The molecule has 3 heteroatoms. The largest absolute Gasteiger partial charge is 0.299 e. The van der Waals surface area contributed by atoms with Crippen LogP contribution in [0.2, 0.25) is 0 Å². The molecule has 20 heavy (non-hydrogen) atoms. The maximum Gasteiger partial charge on any atom is 0.140 e. The van der Waals surface area contributed by atoms with E-state index in [1.54, 1.807) is 12.1 Å². The Morgan fingerprint density at radius 3 is 2.60 bits per heavy atom. The molecule has 2 rings (SSSR count). The van der Waals surface area contributed by atoms with Crippen molar-refractivity contribution in [3.8, 4) is 6.07 Å². The molecule has 0 atom stereocenters. The highest BCUT2D eigenvalue weighted by atomic mass is 19.1. The fourth-order valence-corrected chi connectivity index (χ4v) is 3.00. The molecule has 2 nitrogen and oxygen atoms in total. The molecule has 0 N–H and O–H groups in total. The molecule has 1 fully saturated rings. The Balaban J connectivity index is 1.98. The van der Waals surface area contributed by atoms with Crippen LogP contribution in [-0.4, -0.2) is 18.0 Å². The number of hydrogen-bond donors (Lipinski definition) is 0. The molecule has 1 aliphatic carbocycles. The summed E-state index contributed by atoms with van der Waals surface area (Å²) in [7, 11) is 2.12. The van der Waals surface area contributed by atoms with E-state index in [2.05, 4.69) is 25.8 Å². The van der Waals surface area contributed by atoms with E-state index in [1.165, 1.54) is 31.7 Å². The normalized spacial score (nSPS) is 19.0. The molecular formula is C17H23FN2. The first-order valence-corrected chi connectivity index (χ1v) is 7.30. The lowest BCUT2D eigenvalue weighted by atomic mass is 9.75. The van der Waals surface area contributed by atoms with Crippen LogP contribution < -0.4 is 0 Å². The summed E-state index contributed by atoms with van der Waals surface area (Å²) >= 11 is 0. The van der Waals surface area contributed by atoms with E-state index < -0.39 is 5.82 Å². The summed E-state index contributed by atoms with van der Waals surface area (Å²) < 4.78 is 13.3. The monoisotopic (exact) mass is 274 g/mol. The summed E-state index contributed by atoms with van der Waals surface area (Å²) in [5.41, 5.74) is 1.62. The molecule has 0 spiro atoms.